The zero-order valence-corrected chi connectivity index (χ0v) is 15.6. The van der Waals surface area contributed by atoms with E-state index >= 15 is 0 Å². The first-order chi connectivity index (χ1) is 12.8. The Kier molecular flexibility index (Phi) is 4.71. The molecule has 27 heavy (non-hydrogen) atoms. The second-order valence-electron chi connectivity index (χ2n) is 7.26. The van der Waals surface area contributed by atoms with Crippen molar-refractivity contribution in [3.63, 3.8) is 0 Å². The summed E-state index contributed by atoms with van der Waals surface area (Å²) in [5.41, 5.74) is 0.638. The molecule has 0 saturated carbocycles. The second-order valence-corrected chi connectivity index (χ2v) is 7.26. The number of anilines is 1. The molecule has 1 unspecified atom stereocenters. The molecule has 4 heterocycles. The molecule has 10 heteroatoms. The van der Waals surface area contributed by atoms with Gasteiger partial charge in [0.05, 0.1) is 0 Å². The van der Waals surface area contributed by atoms with Crippen molar-refractivity contribution in [1.82, 2.24) is 29.4 Å². The first kappa shape index (κ1) is 18.4. The Morgan fingerprint density at radius 2 is 1.85 bits per heavy atom. The fraction of sp³-hybridized carbons (Fsp3) is 0.706. The average Bonchev–Trinajstić information content (AvgIpc) is 3.28. The van der Waals surface area contributed by atoms with Gasteiger partial charge in [-0.05, 0) is 19.9 Å². The van der Waals surface area contributed by atoms with Crippen LogP contribution >= 0.6 is 0 Å². The zero-order valence-electron chi connectivity index (χ0n) is 15.6. The highest BCUT2D eigenvalue weighted by atomic mass is 19.4. The van der Waals surface area contributed by atoms with E-state index in [1.807, 2.05) is 0 Å². The number of aryl methyl sites for hydroxylation is 1. The van der Waals surface area contributed by atoms with Crippen LogP contribution in [0.1, 0.15) is 24.9 Å². The number of likely N-dealkylation sites (N-methyl/N-ethyl adjacent to an activating group) is 1. The van der Waals surface area contributed by atoms with Crippen LogP contribution in [0, 0.1) is 6.92 Å². The molecule has 0 aliphatic carbocycles. The van der Waals surface area contributed by atoms with Crippen molar-refractivity contribution in [1.29, 1.82) is 0 Å². The van der Waals surface area contributed by atoms with Gasteiger partial charge in [0.2, 0.25) is 0 Å². The third-order valence-electron chi connectivity index (χ3n) is 5.53. The summed E-state index contributed by atoms with van der Waals surface area (Å²) >= 11 is 0. The molecular formula is C17H24F3N7. The van der Waals surface area contributed by atoms with Crippen LogP contribution in [0.2, 0.25) is 0 Å². The topological polar surface area (TPSA) is 52.8 Å². The fourth-order valence-electron chi connectivity index (χ4n) is 4.01. The predicted octanol–water partition coefficient (Wildman–Crippen LogP) is 1.67. The highest BCUT2D eigenvalue weighted by Crippen LogP contribution is 2.29. The van der Waals surface area contributed by atoms with Crippen LogP contribution in [-0.2, 0) is 6.18 Å². The van der Waals surface area contributed by atoms with E-state index < -0.39 is 12.0 Å². The van der Waals surface area contributed by atoms with Gasteiger partial charge in [0.25, 0.3) is 11.6 Å². The molecule has 2 aromatic heterocycles. The van der Waals surface area contributed by atoms with Gasteiger partial charge in [0.15, 0.2) is 0 Å². The third kappa shape index (κ3) is 3.60. The molecule has 0 spiro atoms. The maximum absolute atomic E-state index is 13.0. The van der Waals surface area contributed by atoms with Crippen LogP contribution in [0.4, 0.5) is 19.0 Å². The van der Waals surface area contributed by atoms with Crippen LogP contribution in [0.5, 0.6) is 0 Å². The Morgan fingerprint density at radius 3 is 2.52 bits per heavy atom. The van der Waals surface area contributed by atoms with Crippen molar-refractivity contribution in [2.24, 2.45) is 0 Å². The summed E-state index contributed by atoms with van der Waals surface area (Å²) in [4.78, 5) is 14.7. The van der Waals surface area contributed by atoms with Crippen LogP contribution in [0.25, 0.3) is 5.78 Å². The predicted molar refractivity (Wildman–Crippen MR) is 94.8 cm³/mol. The summed E-state index contributed by atoms with van der Waals surface area (Å²) in [5, 5.41) is 3.68. The Morgan fingerprint density at radius 1 is 1.11 bits per heavy atom. The maximum atomic E-state index is 13.0. The molecule has 0 radical (unpaired) electrons. The molecular weight excluding hydrogens is 359 g/mol. The molecule has 148 valence electrons. The van der Waals surface area contributed by atoms with Gasteiger partial charge in [-0.15, -0.1) is 5.10 Å². The van der Waals surface area contributed by atoms with Crippen LogP contribution < -0.4 is 4.90 Å². The zero-order chi connectivity index (χ0) is 19.2. The number of hydrogen-bond donors (Lipinski definition) is 0. The monoisotopic (exact) mass is 383 g/mol. The van der Waals surface area contributed by atoms with E-state index in [0.717, 1.165) is 52.2 Å². The molecule has 2 aliphatic rings. The molecule has 4 rings (SSSR count). The van der Waals surface area contributed by atoms with Crippen molar-refractivity contribution in [2.45, 2.75) is 32.5 Å². The van der Waals surface area contributed by atoms with Crippen molar-refractivity contribution >= 4 is 11.6 Å². The van der Waals surface area contributed by atoms with E-state index in [-0.39, 0.29) is 5.78 Å². The Balaban J connectivity index is 1.55. The molecule has 0 bridgehead atoms. The summed E-state index contributed by atoms with van der Waals surface area (Å²) < 4.78 is 40.3. The minimum Gasteiger partial charge on any atom is -0.355 e. The summed E-state index contributed by atoms with van der Waals surface area (Å²) in [6.07, 6.45) is -3.58. The number of piperazine rings is 1. The van der Waals surface area contributed by atoms with Gasteiger partial charge in [0, 0.05) is 57.1 Å². The van der Waals surface area contributed by atoms with Crippen LogP contribution in [0.15, 0.2) is 6.07 Å². The number of rotatable bonds is 3. The van der Waals surface area contributed by atoms with Crippen molar-refractivity contribution in [2.75, 3.05) is 50.7 Å². The van der Waals surface area contributed by atoms with Crippen molar-refractivity contribution in [3.05, 3.63) is 17.6 Å². The van der Waals surface area contributed by atoms with Crippen LogP contribution in [-0.4, -0.2) is 81.2 Å². The van der Waals surface area contributed by atoms with Gasteiger partial charge in [-0.1, -0.05) is 6.92 Å². The summed E-state index contributed by atoms with van der Waals surface area (Å²) in [6, 6.07) is 2.21. The SMILES string of the molecule is CCN1CCN(C2CCN(c3cc(C)nc4nc(C(F)(F)F)nn34)C2)CC1. The lowest BCUT2D eigenvalue weighted by molar-refractivity contribution is -0.144. The smallest absolute Gasteiger partial charge is 0.355 e. The minimum atomic E-state index is -4.58. The highest BCUT2D eigenvalue weighted by molar-refractivity contribution is 5.48. The van der Waals surface area contributed by atoms with E-state index in [4.69, 9.17) is 0 Å². The van der Waals surface area contributed by atoms with Gasteiger partial charge < -0.3 is 9.80 Å². The first-order valence-corrected chi connectivity index (χ1v) is 9.38. The molecule has 2 aliphatic heterocycles. The van der Waals surface area contributed by atoms with Crippen molar-refractivity contribution < 1.29 is 13.2 Å². The molecule has 1 atom stereocenters. The lowest BCUT2D eigenvalue weighted by atomic mass is 10.2. The fourth-order valence-corrected chi connectivity index (χ4v) is 4.01. The third-order valence-corrected chi connectivity index (χ3v) is 5.53. The minimum absolute atomic E-state index is 0.00247. The number of fused-ring (bicyclic) bond motifs is 1. The second kappa shape index (κ2) is 6.90. The Labute approximate surface area is 155 Å². The number of hydrogen-bond acceptors (Lipinski definition) is 6. The Bertz CT molecular complexity index is 811. The van der Waals surface area contributed by atoms with E-state index in [1.54, 1.807) is 13.0 Å². The normalized spacial score (nSPS) is 22.9. The van der Waals surface area contributed by atoms with Gasteiger partial charge >= 0.3 is 6.18 Å². The summed E-state index contributed by atoms with van der Waals surface area (Å²) in [7, 11) is 0. The van der Waals surface area contributed by atoms with E-state index in [1.165, 1.54) is 4.52 Å². The number of aromatic nitrogens is 4. The molecule has 0 aromatic carbocycles. The van der Waals surface area contributed by atoms with E-state index in [0.29, 0.717) is 17.6 Å². The molecule has 7 nitrogen and oxygen atoms in total. The summed E-state index contributed by atoms with van der Waals surface area (Å²) in [6.45, 7) is 10.8. The molecule has 2 aromatic rings. The van der Waals surface area contributed by atoms with E-state index in [2.05, 4.69) is 36.7 Å². The number of nitrogens with zero attached hydrogens (tertiary/aromatic N) is 7. The van der Waals surface area contributed by atoms with Gasteiger partial charge in [-0.3, -0.25) is 4.90 Å². The Hall–Kier alpha value is -1.94. The van der Waals surface area contributed by atoms with Crippen molar-refractivity contribution in [3.8, 4) is 0 Å². The number of alkyl halides is 3. The maximum Gasteiger partial charge on any atom is 0.453 e. The lowest BCUT2D eigenvalue weighted by Crippen LogP contribution is -2.50. The standard InChI is InChI=1S/C17H24F3N7/c1-3-24-6-8-25(9-7-24)13-4-5-26(11-13)14-10-12(2)21-16-22-15(17(18,19)20)23-27(14)16/h10,13H,3-9,11H2,1-2H3. The van der Waals surface area contributed by atoms with Crippen LogP contribution in [0.3, 0.4) is 0 Å². The first-order valence-electron chi connectivity index (χ1n) is 9.38. The average molecular weight is 383 g/mol. The number of halogens is 3. The summed E-state index contributed by atoms with van der Waals surface area (Å²) in [5.74, 6) is -0.513. The molecule has 2 saturated heterocycles. The quantitative estimate of drug-likeness (QED) is 0.804. The molecule has 0 N–H and O–H groups in total. The van der Waals surface area contributed by atoms with Gasteiger partial charge in [0.1, 0.15) is 5.82 Å². The van der Waals surface area contributed by atoms with Gasteiger partial charge in [-0.25, -0.2) is 4.98 Å². The highest BCUT2D eigenvalue weighted by Gasteiger charge is 2.37. The van der Waals surface area contributed by atoms with E-state index in [9.17, 15) is 13.2 Å². The largest absolute Gasteiger partial charge is 0.453 e. The van der Waals surface area contributed by atoms with Gasteiger partial charge in [-0.2, -0.15) is 22.7 Å². The molecule has 2 fully saturated rings. The lowest BCUT2D eigenvalue weighted by Gasteiger charge is -2.37. The molecule has 0 amide bonds.